The lowest BCUT2D eigenvalue weighted by Gasteiger charge is -2.16. The number of nitrogens with zero attached hydrogens (tertiary/aromatic N) is 1. The van der Waals surface area contributed by atoms with Crippen LogP contribution in [0, 0.1) is 0 Å². The minimum absolute atomic E-state index is 0.127. The lowest BCUT2D eigenvalue weighted by atomic mass is 10.5. The van der Waals surface area contributed by atoms with Gasteiger partial charge in [0.05, 0.1) is 0 Å². The molecule has 0 fully saturated rings. The lowest BCUT2D eigenvalue weighted by Crippen LogP contribution is -2.36. The van der Waals surface area contributed by atoms with E-state index in [4.69, 9.17) is 5.11 Å². The Kier molecular flexibility index (Phi) is 3.52. The topological polar surface area (TPSA) is 57.6 Å². The highest BCUT2D eigenvalue weighted by Gasteiger charge is 2.30. The first-order valence-corrected chi connectivity index (χ1v) is 2.83. The van der Waals surface area contributed by atoms with Gasteiger partial charge in [-0.05, 0) is 0 Å². The van der Waals surface area contributed by atoms with Gasteiger partial charge in [0.25, 0.3) is 0 Å². The number of hydrogen-bond acceptors (Lipinski definition) is 2. The molecular formula is C5H6F3NO3. The van der Waals surface area contributed by atoms with Gasteiger partial charge in [-0.2, -0.15) is 13.2 Å². The fourth-order valence-electron chi connectivity index (χ4n) is 0.534. The molecule has 12 heavy (non-hydrogen) atoms. The number of amides is 1. The van der Waals surface area contributed by atoms with Crippen molar-refractivity contribution in [3.8, 4) is 0 Å². The van der Waals surface area contributed by atoms with Gasteiger partial charge >= 0.3 is 12.1 Å². The van der Waals surface area contributed by atoms with E-state index in [0.717, 1.165) is 0 Å². The molecule has 0 saturated heterocycles. The molecule has 0 bridgehead atoms. The van der Waals surface area contributed by atoms with Crippen molar-refractivity contribution in [3.05, 3.63) is 0 Å². The van der Waals surface area contributed by atoms with E-state index in [9.17, 15) is 22.8 Å². The van der Waals surface area contributed by atoms with Crippen molar-refractivity contribution in [1.29, 1.82) is 0 Å². The molecule has 0 aliphatic carbocycles. The molecule has 0 aromatic rings. The van der Waals surface area contributed by atoms with E-state index in [1.54, 1.807) is 0 Å². The molecule has 0 aromatic carbocycles. The summed E-state index contributed by atoms with van der Waals surface area (Å²) in [5, 5.41) is 8.04. The van der Waals surface area contributed by atoms with E-state index in [-0.39, 0.29) is 11.3 Å². The highest BCUT2D eigenvalue weighted by atomic mass is 19.4. The quantitative estimate of drug-likeness (QED) is 0.631. The van der Waals surface area contributed by atoms with Crippen LogP contribution in [0.25, 0.3) is 0 Å². The van der Waals surface area contributed by atoms with Gasteiger partial charge in [0.15, 0.2) is 0 Å². The smallest absolute Gasteiger partial charge is 0.406 e. The predicted molar refractivity (Wildman–Crippen MR) is 31.3 cm³/mol. The Balaban J connectivity index is 4.00. The van der Waals surface area contributed by atoms with Crippen LogP contribution in [-0.4, -0.2) is 41.7 Å². The third-order valence-corrected chi connectivity index (χ3v) is 0.870. The van der Waals surface area contributed by atoms with Crippen molar-refractivity contribution < 1.29 is 27.9 Å². The first kappa shape index (κ1) is 10.7. The van der Waals surface area contributed by atoms with Crippen LogP contribution >= 0.6 is 0 Å². The molecule has 0 aliphatic heterocycles. The fourth-order valence-corrected chi connectivity index (χ4v) is 0.534. The predicted octanol–water partition coefficient (Wildman–Crippen LogP) is 0.0917. The molecule has 0 radical (unpaired) electrons. The van der Waals surface area contributed by atoms with Crippen LogP contribution in [0.15, 0.2) is 0 Å². The summed E-state index contributed by atoms with van der Waals surface area (Å²) in [5.41, 5.74) is 0. The van der Waals surface area contributed by atoms with Gasteiger partial charge in [0.2, 0.25) is 6.41 Å². The number of carbonyl (C=O) groups is 2. The molecule has 0 rings (SSSR count). The Morgan fingerprint density at radius 3 is 2.25 bits per heavy atom. The summed E-state index contributed by atoms with van der Waals surface area (Å²) >= 11 is 0. The van der Waals surface area contributed by atoms with E-state index >= 15 is 0 Å². The number of aliphatic carboxylic acids is 1. The zero-order chi connectivity index (χ0) is 9.78. The van der Waals surface area contributed by atoms with Gasteiger partial charge in [-0.15, -0.1) is 0 Å². The average Bonchev–Trinajstić information content (AvgIpc) is 1.82. The number of hydrogen-bond donors (Lipinski definition) is 1. The van der Waals surface area contributed by atoms with E-state index < -0.39 is 25.2 Å². The largest absolute Gasteiger partial charge is 0.480 e. The van der Waals surface area contributed by atoms with Crippen LogP contribution in [0.4, 0.5) is 13.2 Å². The van der Waals surface area contributed by atoms with Crippen LogP contribution < -0.4 is 0 Å². The van der Waals surface area contributed by atoms with Gasteiger partial charge in [-0.1, -0.05) is 0 Å². The minimum Gasteiger partial charge on any atom is -0.480 e. The van der Waals surface area contributed by atoms with Gasteiger partial charge < -0.3 is 10.0 Å². The summed E-state index contributed by atoms with van der Waals surface area (Å²) in [7, 11) is 0. The van der Waals surface area contributed by atoms with Gasteiger partial charge in [0.1, 0.15) is 13.1 Å². The Hall–Kier alpha value is -1.27. The van der Waals surface area contributed by atoms with Crippen molar-refractivity contribution in [2.24, 2.45) is 0 Å². The van der Waals surface area contributed by atoms with E-state index in [0.29, 0.717) is 0 Å². The van der Waals surface area contributed by atoms with Crippen molar-refractivity contribution >= 4 is 12.4 Å². The molecule has 0 saturated carbocycles. The normalized spacial score (nSPS) is 10.9. The zero-order valence-electron chi connectivity index (χ0n) is 5.84. The number of carbonyl (C=O) groups excluding carboxylic acids is 1. The maximum atomic E-state index is 11.5. The first-order valence-electron chi connectivity index (χ1n) is 2.83. The van der Waals surface area contributed by atoms with Crippen LogP contribution in [0.3, 0.4) is 0 Å². The molecule has 0 aromatic heterocycles. The number of rotatable bonds is 4. The van der Waals surface area contributed by atoms with Crippen molar-refractivity contribution in [2.45, 2.75) is 6.18 Å². The SMILES string of the molecule is O=CN(CC(=O)O)CC(F)(F)F. The van der Waals surface area contributed by atoms with Crippen LogP contribution in [0.1, 0.15) is 0 Å². The van der Waals surface area contributed by atoms with Crippen molar-refractivity contribution in [1.82, 2.24) is 4.90 Å². The average molecular weight is 185 g/mol. The van der Waals surface area contributed by atoms with Crippen LogP contribution in [-0.2, 0) is 9.59 Å². The minimum atomic E-state index is -4.56. The lowest BCUT2D eigenvalue weighted by molar-refractivity contribution is -0.159. The summed E-state index contributed by atoms with van der Waals surface area (Å²) in [5.74, 6) is -1.48. The molecule has 70 valence electrons. The van der Waals surface area contributed by atoms with Gasteiger partial charge in [-0.3, -0.25) is 9.59 Å². The molecule has 0 aliphatic rings. The Morgan fingerprint density at radius 2 is 2.00 bits per heavy atom. The molecule has 4 nitrogen and oxygen atoms in total. The zero-order valence-corrected chi connectivity index (χ0v) is 5.84. The second kappa shape index (κ2) is 3.93. The molecule has 0 heterocycles. The van der Waals surface area contributed by atoms with E-state index in [1.807, 2.05) is 0 Å². The Morgan fingerprint density at radius 1 is 1.50 bits per heavy atom. The van der Waals surface area contributed by atoms with Crippen LogP contribution in [0.2, 0.25) is 0 Å². The number of carboxylic acid groups (broad SMARTS) is 1. The summed E-state index contributed by atoms with van der Waals surface area (Å²) in [6.07, 6.45) is -4.71. The molecule has 0 unspecified atom stereocenters. The maximum Gasteiger partial charge on any atom is 0.406 e. The summed E-state index contributed by atoms with van der Waals surface area (Å²) in [6.45, 7) is -2.48. The second-order valence-corrected chi connectivity index (χ2v) is 2.02. The molecule has 7 heteroatoms. The maximum absolute atomic E-state index is 11.5. The molecule has 1 N–H and O–H groups in total. The van der Waals surface area contributed by atoms with Crippen molar-refractivity contribution in [3.63, 3.8) is 0 Å². The molecule has 0 atom stereocenters. The molecular weight excluding hydrogens is 179 g/mol. The summed E-state index contributed by atoms with van der Waals surface area (Å²) in [4.78, 5) is 19.9. The second-order valence-electron chi connectivity index (χ2n) is 2.02. The number of halogens is 3. The van der Waals surface area contributed by atoms with Crippen molar-refractivity contribution in [2.75, 3.05) is 13.1 Å². The van der Waals surface area contributed by atoms with Gasteiger partial charge in [-0.25, -0.2) is 0 Å². The first-order chi connectivity index (χ1) is 5.35. The molecule has 0 spiro atoms. The third-order valence-electron chi connectivity index (χ3n) is 0.870. The van der Waals surface area contributed by atoms with Gasteiger partial charge in [0, 0.05) is 0 Å². The number of alkyl halides is 3. The highest BCUT2D eigenvalue weighted by molar-refractivity contribution is 5.71. The summed E-state index contributed by atoms with van der Waals surface area (Å²) in [6, 6.07) is 0. The Labute approximate surface area is 65.6 Å². The Bertz CT molecular complexity index is 179. The third kappa shape index (κ3) is 5.51. The highest BCUT2D eigenvalue weighted by Crippen LogP contribution is 2.15. The summed E-state index contributed by atoms with van der Waals surface area (Å²) < 4.78 is 34.6. The monoisotopic (exact) mass is 185 g/mol. The number of carboxylic acids is 1. The van der Waals surface area contributed by atoms with Crippen LogP contribution in [0.5, 0.6) is 0 Å². The molecule has 1 amide bonds. The van der Waals surface area contributed by atoms with E-state index in [1.165, 1.54) is 0 Å². The fraction of sp³-hybridized carbons (Fsp3) is 0.600. The van der Waals surface area contributed by atoms with E-state index in [2.05, 4.69) is 0 Å². The standard InChI is InChI=1S/C5H6F3NO3/c6-5(7,8)2-9(3-10)1-4(11)12/h3H,1-2H2,(H,11,12).